The van der Waals surface area contributed by atoms with Crippen molar-refractivity contribution in [3.05, 3.63) is 0 Å². The number of ether oxygens (including phenoxy) is 6. The smallest absolute Gasteiger partial charge is 0.438 e. The zero-order chi connectivity index (χ0) is 33.2. The Morgan fingerprint density at radius 1 is 0.465 bits per heavy atom. The van der Waals surface area contributed by atoms with Crippen LogP contribution in [0.5, 0.6) is 0 Å². The molecule has 4 N–H and O–H groups in total. The van der Waals surface area contributed by atoms with Crippen molar-refractivity contribution in [3.63, 3.8) is 0 Å². The minimum atomic E-state index is -0.662. The first-order valence-electron chi connectivity index (χ1n) is 14.5. The van der Waals surface area contributed by atoms with Gasteiger partial charge in [0.15, 0.2) is 0 Å². The first kappa shape index (κ1) is 46.7. The number of hydrogen-bond donors (Lipinski definition) is 4. The van der Waals surface area contributed by atoms with E-state index in [-0.39, 0.29) is 0 Å². The van der Waals surface area contributed by atoms with Gasteiger partial charge >= 0.3 is 18.5 Å². The second-order valence-corrected chi connectivity index (χ2v) is 7.93. The Bertz CT molecular complexity index is 677. The van der Waals surface area contributed by atoms with E-state index in [0.717, 1.165) is 52.0 Å². The normalized spacial score (nSPS) is 8.74. The van der Waals surface area contributed by atoms with Crippen molar-refractivity contribution in [2.45, 2.75) is 60.3 Å². The van der Waals surface area contributed by atoms with Crippen LogP contribution in [0.15, 0.2) is 0 Å². The number of carbonyl (C=O) groups is 3. The van der Waals surface area contributed by atoms with Crippen molar-refractivity contribution in [1.82, 2.24) is 21.3 Å². The Morgan fingerprint density at radius 2 is 0.721 bits per heavy atom. The average molecular weight is 619 g/mol. The van der Waals surface area contributed by atoms with Crippen LogP contribution in [0.2, 0.25) is 0 Å². The van der Waals surface area contributed by atoms with E-state index in [1.807, 2.05) is 27.7 Å². The second kappa shape index (κ2) is 45.7. The number of methoxy groups -OCH3 is 3. The molecule has 0 saturated heterocycles. The Kier molecular flexibility index (Phi) is 49.7. The van der Waals surface area contributed by atoms with Gasteiger partial charge in [0.05, 0.1) is 21.3 Å². The van der Waals surface area contributed by atoms with E-state index in [9.17, 15) is 14.4 Å². The minimum absolute atomic E-state index is 0.301. The number of carbonyl (C=O) groups excluding carboxylic acids is 3. The van der Waals surface area contributed by atoms with Crippen LogP contribution in [-0.2, 0) is 28.4 Å². The van der Waals surface area contributed by atoms with E-state index in [1.165, 1.54) is 27.8 Å². The zero-order valence-electron chi connectivity index (χ0n) is 27.8. The fourth-order valence-corrected chi connectivity index (χ4v) is 2.35. The summed E-state index contributed by atoms with van der Waals surface area (Å²) in [5.74, 6) is 10.7. The van der Waals surface area contributed by atoms with Crippen LogP contribution in [-0.4, -0.2) is 112 Å². The third kappa shape index (κ3) is 55.4. The Hall–Kier alpha value is -3.23. The topological polar surface area (TPSA) is 155 Å². The van der Waals surface area contributed by atoms with Gasteiger partial charge in [-0.2, -0.15) is 0 Å². The highest BCUT2D eigenvalue weighted by atomic mass is 16.7. The first-order valence-corrected chi connectivity index (χ1v) is 14.5. The van der Waals surface area contributed by atoms with Gasteiger partial charge < -0.3 is 49.7 Å². The summed E-state index contributed by atoms with van der Waals surface area (Å²) in [6, 6.07) is 0. The molecule has 0 aliphatic heterocycles. The van der Waals surface area contributed by atoms with Gasteiger partial charge in [-0.1, -0.05) is 6.92 Å². The van der Waals surface area contributed by atoms with Crippen LogP contribution < -0.4 is 21.3 Å². The standard InChI is InChI=1S/C12H24N2O6.C10H22N2O3.2C4H6/c1-17-11(15)19-9-7-13-5-3-4-6-14-8-10-20-12(16)18-2;1-3-11-6-4-5-7-12-8-9-15-10(13)14-2;2*1-3-4-2/h13-14H,3-10H2,1-2H3;11-12H,3-9H2,1-2H3;2*1-2H3. The molecule has 0 aliphatic carbocycles. The number of rotatable bonds is 20. The quantitative estimate of drug-likeness (QED) is 0.0683. The van der Waals surface area contributed by atoms with Crippen LogP contribution >= 0.6 is 0 Å². The van der Waals surface area contributed by atoms with Crippen LogP contribution in [0.25, 0.3) is 0 Å². The summed E-state index contributed by atoms with van der Waals surface area (Å²) in [6.07, 6.45) is 2.36. The van der Waals surface area contributed by atoms with E-state index >= 15 is 0 Å². The third-order valence-electron chi connectivity index (χ3n) is 4.66. The van der Waals surface area contributed by atoms with E-state index in [2.05, 4.69) is 66.1 Å². The lowest BCUT2D eigenvalue weighted by atomic mass is 10.3. The molecule has 0 spiro atoms. The molecule has 0 bridgehead atoms. The van der Waals surface area contributed by atoms with Crippen molar-refractivity contribution < 1.29 is 42.8 Å². The van der Waals surface area contributed by atoms with Crippen molar-refractivity contribution in [2.75, 3.05) is 93.5 Å². The summed E-state index contributed by atoms with van der Waals surface area (Å²) in [4.78, 5) is 31.8. The number of hydrogen-bond acceptors (Lipinski definition) is 13. The summed E-state index contributed by atoms with van der Waals surface area (Å²) >= 11 is 0. The SMILES string of the molecule is CC#CC.CC#CC.CCNCCCCNCCOC(=O)OC.COC(=O)OCCNCCCCNCCOC(=O)OC. The van der Waals surface area contributed by atoms with Crippen molar-refractivity contribution >= 4 is 18.5 Å². The Balaban J connectivity index is -0.000000289. The molecule has 0 fully saturated rings. The van der Waals surface area contributed by atoms with Crippen LogP contribution in [0.4, 0.5) is 14.4 Å². The number of nitrogens with one attached hydrogen (secondary N) is 4. The fraction of sp³-hybridized carbons (Fsp3) is 0.767. The third-order valence-corrected chi connectivity index (χ3v) is 4.66. The highest BCUT2D eigenvalue weighted by Gasteiger charge is 2.00. The molecule has 13 heteroatoms. The molecule has 0 atom stereocenters. The molecule has 0 aromatic rings. The molecule has 0 aromatic carbocycles. The maximum atomic E-state index is 10.6. The first-order chi connectivity index (χ1) is 20.8. The molecule has 13 nitrogen and oxygen atoms in total. The van der Waals surface area contributed by atoms with Crippen LogP contribution in [0.3, 0.4) is 0 Å². The molecule has 0 unspecified atom stereocenters. The van der Waals surface area contributed by atoms with Crippen LogP contribution in [0.1, 0.15) is 60.3 Å². The fourth-order valence-electron chi connectivity index (χ4n) is 2.35. The van der Waals surface area contributed by atoms with Crippen molar-refractivity contribution in [2.24, 2.45) is 0 Å². The monoisotopic (exact) mass is 618 g/mol. The maximum Gasteiger partial charge on any atom is 0.508 e. The van der Waals surface area contributed by atoms with Gasteiger partial charge in [0.1, 0.15) is 19.8 Å². The summed E-state index contributed by atoms with van der Waals surface area (Å²) < 4.78 is 27.1. The van der Waals surface area contributed by atoms with E-state index in [0.29, 0.717) is 39.5 Å². The molecule has 252 valence electrons. The predicted molar refractivity (Wildman–Crippen MR) is 169 cm³/mol. The lowest BCUT2D eigenvalue weighted by molar-refractivity contribution is 0.0724. The molecule has 0 heterocycles. The second-order valence-electron chi connectivity index (χ2n) is 7.93. The van der Waals surface area contributed by atoms with Crippen LogP contribution in [0, 0.1) is 23.7 Å². The summed E-state index contributed by atoms with van der Waals surface area (Å²) in [6.45, 7) is 17.0. The average Bonchev–Trinajstić information content (AvgIpc) is 3.04. The van der Waals surface area contributed by atoms with E-state index in [4.69, 9.17) is 14.2 Å². The van der Waals surface area contributed by atoms with E-state index in [1.54, 1.807) is 0 Å². The molecule has 0 aromatic heterocycles. The van der Waals surface area contributed by atoms with Gasteiger partial charge in [0, 0.05) is 19.6 Å². The summed E-state index contributed by atoms with van der Waals surface area (Å²) in [5, 5.41) is 12.7. The molecule has 0 saturated carbocycles. The molecule has 0 amide bonds. The molecule has 0 radical (unpaired) electrons. The zero-order valence-corrected chi connectivity index (χ0v) is 27.8. The van der Waals surface area contributed by atoms with Gasteiger partial charge in [0.2, 0.25) is 0 Å². The van der Waals surface area contributed by atoms with Crippen molar-refractivity contribution in [3.8, 4) is 23.7 Å². The van der Waals surface area contributed by atoms with Gasteiger partial charge in [0.25, 0.3) is 0 Å². The van der Waals surface area contributed by atoms with Gasteiger partial charge in [-0.25, -0.2) is 14.4 Å². The highest BCUT2D eigenvalue weighted by Crippen LogP contribution is 1.87. The van der Waals surface area contributed by atoms with E-state index < -0.39 is 18.5 Å². The Morgan fingerprint density at radius 3 is 0.930 bits per heavy atom. The molecule has 0 rings (SSSR count). The molecular weight excluding hydrogens is 560 g/mol. The number of unbranched alkanes of at least 4 members (excludes halogenated alkanes) is 2. The highest BCUT2D eigenvalue weighted by molar-refractivity contribution is 5.60. The predicted octanol–water partition coefficient (Wildman–Crippen LogP) is 3.32. The molecular formula is C30H58N4O9. The van der Waals surface area contributed by atoms with Gasteiger partial charge in [-0.15, -0.1) is 23.7 Å². The minimum Gasteiger partial charge on any atom is -0.438 e. The lowest BCUT2D eigenvalue weighted by Crippen LogP contribution is -2.25. The Labute approximate surface area is 260 Å². The molecule has 43 heavy (non-hydrogen) atoms. The largest absolute Gasteiger partial charge is 0.508 e. The maximum absolute atomic E-state index is 10.6. The van der Waals surface area contributed by atoms with Gasteiger partial charge in [-0.3, -0.25) is 0 Å². The van der Waals surface area contributed by atoms with Crippen molar-refractivity contribution in [1.29, 1.82) is 0 Å². The van der Waals surface area contributed by atoms with Gasteiger partial charge in [-0.05, 0) is 86.1 Å². The lowest BCUT2D eigenvalue weighted by Gasteiger charge is -2.07. The summed E-state index contributed by atoms with van der Waals surface area (Å²) in [7, 11) is 3.86. The summed E-state index contributed by atoms with van der Waals surface area (Å²) in [5.41, 5.74) is 0. The molecule has 0 aliphatic rings.